The highest BCUT2D eigenvalue weighted by Gasteiger charge is 2.54. The monoisotopic (exact) mass is 435 g/mol. The lowest BCUT2D eigenvalue weighted by Crippen LogP contribution is -2.47. The van der Waals surface area contributed by atoms with Gasteiger partial charge in [0.1, 0.15) is 23.8 Å². The molecule has 2 unspecified atom stereocenters. The minimum absolute atomic E-state index is 0.0880. The maximum Gasteiger partial charge on any atom is 0.240 e. The average molecular weight is 435 g/mol. The van der Waals surface area contributed by atoms with Crippen LogP contribution >= 0.6 is 0 Å². The number of nitrogens with one attached hydrogen (secondary N) is 1. The van der Waals surface area contributed by atoms with Crippen LogP contribution in [-0.4, -0.2) is 50.8 Å². The molecule has 0 radical (unpaired) electrons. The van der Waals surface area contributed by atoms with Crippen molar-refractivity contribution in [3.63, 3.8) is 0 Å². The van der Waals surface area contributed by atoms with Crippen molar-refractivity contribution >= 4 is 23.1 Å². The number of anilines is 1. The van der Waals surface area contributed by atoms with E-state index in [0.717, 1.165) is 12.5 Å². The van der Waals surface area contributed by atoms with Crippen molar-refractivity contribution in [2.75, 3.05) is 32.8 Å². The predicted molar refractivity (Wildman–Crippen MR) is 107 cm³/mol. The van der Waals surface area contributed by atoms with Crippen molar-refractivity contribution in [1.82, 2.24) is 4.98 Å². The Hall–Kier alpha value is -2.98. The molecular formula is C21H23F2N3O5. The third-order valence-corrected chi connectivity index (χ3v) is 5.64. The van der Waals surface area contributed by atoms with Gasteiger partial charge >= 0.3 is 0 Å². The van der Waals surface area contributed by atoms with Gasteiger partial charge in [-0.05, 0) is 18.6 Å². The number of aromatic nitrogens is 1. The largest absolute Gasteiger partial charge is 0.497 e. The molecule has 0 spiro atoms. The normalized spacial score (nSPS) is 28.9. The second-order valence-electron chi connectivity index (χ2n) is 7.45. The van der Waals surface area contributed by atoms with E-state index < -0.39 is 17.4 Å². The third-order valence-electron chi connectivity index (χ3n) is 5.64. The summed E-state index contributed by atoms with van der Waals surface area (Å²) in [4.78, 5) is 15.9. The standard InChI is InChI=1S/C21H23F2N3O5/c1-28-15-7-17(29-2)21(23,12(9-27)20(15)22)18-5-11-6-19(25-8-16(11)31-18)26-14-10-30-4-3-13(14)24/h5-9,12-14H,3-4,10,24H2,1-2H3,(H,25,26)/t12?,13-,14+,21?/m0/s1. The lowest BCUT2D eigenvalue weighted by atomic mass is 9.81. The van der Waals surface area contributed by atoms with E-state index in [4.69, 9.17) is 24.4 Å². The molecule has 4 atom stereocenters. The lowest BCUT2D eigenvalue weighted by molar-refractivity contribution is -0.116. The summed E-state index contributed by atoms with van der Waals surface area (Å²) < 4.78 is 52.1. The molecule has 0 bridgehead atoms. The average Bonchev–Trinajstić information content (AvgIpc) is 3.20. The highest BCUT2D eigenvalue weighted by Crippen LogP contribution is 2.49. The fraction of sp³-hybridized carbons (Fsp3) is 0.429. The molecule has 1 aliphatic carbocycles. The fourth-order valence-electron chi connectivity index (χ4n) is 3.86. The Morgan fingerprint density at radius 2 is 2.16 bits per heavy atom. The Balaban J connectivity index is 1.71. The first-order valence-corrected chi connectivity index (χ1v) is 9.76. The Morgan fingerprint density at radius 1 is 1.35 bits per heavy atom. The number of allylic oxidation sites excluding steroid dienone is 3. The Bertz CT molecular complexity index is 1050. The minimum atomic E-state index is -2.69. The van der Waals surface area contributed by atoms with Gasteiger partial charge < -0.3 is 34.5 Å². The van der Waals surface area contributed by atoms with Gasteiger partial charge in [-0.3, -0.25) is 0 Å². The number of pyridine rings is 1. The van der Waals surface area contributed by atoms with Crippen molar-refractivity contribution in [3.05, 3.63) is 47.5 Å². The number of ether oxygens (including phenoxy) is 3. The first kappa shape index (κ1) is 21.3. The number of methoxy groups -OCH3 is 2. The highest BCUT2D eigenvalue weighted by molar-refractivity contribution is 5.81. The third kappa shape index (κ3) is 3.55. The number of furan rings is 1. The predicted octanol–water partition coefficient (Wildman–Crippen LogP) is 2.71. The number of hydrogen-bond acceptors (Lipinski definition) is 8. The van der Waals surface area contributed by atoms with E-state index in [1.807, 2.05) is 0 Å². The quantitative estimate of drug-likeness (QED) is 0.667. The van der Waals surface area contributed by atoms with Crippen LogP contribution < -0.4 is 11.1 Å². The number of rotatable bonds is 6. The van der Waals surface area contributed by atoms with Crippen molar-refractivity contribution in [2.24, 2.45) is 11.7 Å². The second kappa shape index (κ2) is 8.27. The molecule has 0 amide bonds. The number of carbonyl (C=O) groups is 1. The summed E-state index contributed by atoms with van der Waals surface area (Å²) in [7, 11) is 2.44. The molecule has 2 aromatic heterocycles. The van der Waals surface area contributed by atoms with Gasteiger partial charge in [0.25, 0.3) is 0 Å². The molecule has 1 fully saturated rings. The number of hydrogen-bond donors (Lipinski definition) is 2. The number of halogens is 2. The maximum atomic E-state index is 16.2. The van der Waals surface area contributed by atoms with E-state index in [0.29, 0.717) is 24.4 Å². The van der Waals surface area contributed by atoms with E-state index >= 15 is 4.39 Å². The van der Waals surface area contributed by atoms with Crippen LogP contribution in [0.15, 0.2) is 46.2 Å². The summed E-state index contributed by atoms with van der Waals surface area (Å²) >= 11 is 0. The van der Waals surface area contributed by atoms with Gasteiger partial charge in [0, 0.05) is 24.1 Å². The molecular weight excluding hydrogens is 412 g/mol. The van der Waals surface area contributed by atoms with Crippen molar-refractivity contribution < 1.29 is 32.2 Å². The van der Waals surface area contributed by atoms with Crippen molar-refractivity contribution in [3.8, 4) is 0 Å². The summed E-state index contributed by atoms with van der Waals surface area (Å²) in [6.07, 6.45) is 3.38. The van der Waals surface area contributed by atoms with Crippen molar-refractivity contribution in [2.45, 2.75) is 24.2 Å². The Morgan fingerprint density at radius 3 is 2.84 bits per heavy atom. The molecule has 3 N–H and O–H groups in total. The summed E-state index contributed by atoms with van der Waals surface area (Å²) in [6, 6.07) is 2.85. The molecule has 2 aromatic rings. The molecule has 0 aromatic carbocycles. The molecule has 0 saturated carbocycles. The molecule has 2 aliphatic rings. The highest BCUT2D eigenvalue weighted by atomic mass is 19.2. The van der Waals surface area contributed by atoms with Crippen LogP contribution in [0.4, 0.5) is 14.6 Å². The number of alkyl halides is 1. The SMILES string of the molecule is COC1=CC(OC)=C(F)C(C=O)C1(F)c1cc2cc(N[C@@H]3COCC[C@@H]3N)ncc2o1. The van der Waals surface area contributed by atoms with Crippen LogP contribution in [0, 0.1) is 5.92 Å². The smallest absolute Gasteiger partial charge is 0.240 e. The van der Waals surface area contributed by atoms with Gasteiger partial charge in [-0.2, -0.15) is 0 Å². The minimum Gasteiger partial charge on any atom is -0.497 e. The molecule has 31 heavy (non-hydrogen) atoms. The first-order valence-electron chi connectivity index (χ1n) is 9.76. The number of nitrogens with zero attached hydrogens (tertiary/aromatic N) is 1. The molecule has 4 rings (SSSR count). The van der Waals surface area contributed by atoms with Gasteiger partial charge in [0.15, 0.2) is 22.9 Å². The van der Waals surface area contributed by atoms with Crippen LogP contribution in [0.2, 0.25) is 0 Å². The van der Waals surface area contributed by atoms with Crippen LogP contribution in [0.1, 0.15) is 12.2 Å². The van der Waals surface area contributed by atoms with Crippen molar-refractivity contribution in [1.29, 1.82) is 0 Å². The van der Waals surface area contributed by atoms with Gasteiger partial charge in [0.2, 0.25) is 5.67 Å². The van der Waals surface area contributed by atoms with Gasteiger partial charge in [0.05, 0.1) is 33.1 Å². The zero-order chi connectivity index (χ0) is 22.2. The summed E-state index contributed by atoms with van der Waals surface area (Å²) in [5, 5.41) is 3.72. The summed E-state index contributed by atoms with van der Waals surface area (Å²) in [5.41, 5.74) is 3.70. The lowest BCUT2D eigenvalue weighted by Gasteiger charge is -2.32. The Labute approximate surface area is 177 Å². The topological polar surface area (TPSA) is 109 Å². The zero-order valence-corrected chi connectivity index (χ0v) is 17.1. The van der Waals surface area contributed by atoms with E-state index in [2.05, 4.69) is 10.3 Å². The fourth-order valence-corrected chi connectivity index (χ4v) is 3.86. The number of fused-ring (bicyclic) bond motifs is 1. The van der Waals surface area contributed by atoms with E-state index in [1.165, 1.54) is 26.5 Å². The van der Waals surface area contributed by atoms with E-state index in [1.54, 1.807) is 6.07 Å². The Kier molecular flexibility index (Phi) is 5.67. The van der Waals surface area contributed by atoms with E-state index in [9.17, 15) is 9.18 Å². The van der Waals surface area contributed by atoms with E-state index in [-0.39, 0.29) is 41.2 Å². The van der Waals surface area contributed by atoms with Gasteiger partial charge in [-0.1, -0.05) is 0 Å². The summed E-state index contributed by atoms with van der Waals surface area (Å²) in [5.74, 6) is -3.24. The maximum absolute atomic E-state index is 16.2. The van der Waals surface area contributed by atoms with Gasteiger partial charge in [-0.15, -0.1) is 0 Å². The van der Waals surface area contributed by atoms with Crippen LogP contribution in [0.25, 0.3) is 11.0 Å². The van der Waals surface area contributed by atoms with Gasteiger partial charge in [-0.25, -0.2) is 13.8 Å². The molecule has 1 aliphatic heterocycles. The first-order chi connectivity index (χ1) is 14.9. The number of carbonyl (C=O) groups excluding carboxylic acids is 1. The molecule has 8 nitrogen and oxygen atoms in total. The van der Waals surface area contributed by atoms with Crippen LogP contribution in [-0.2, 0) is 24.7 Å². The zero-order valence-electron chi connectivity index (χ0n) is 17.1. The summed E-state index contributed by atoms with van der Waals surface area (Å²) in [6.45, 7) is 1.06. The molecule has 3 heterocycles. The van der Waals surface area contributed by atoms with Crippen LogP contribution in [0.5, 0.6) is 0 Å². The van der Waals surface area contributed by atoms with Crippen LogP contribution in [0.3, 0.4) is 0 Å². The molecule has 10 heteroatoms. The molecule has 1 saturated heterocycles. The number of aldehydes is 1. The second-order valence-corrected chi connectivity index (χ2v) is 7.45. The number of nitrogens with two attached hydrogens (primary N) is 1. The molecule has 166 valence electrons.